The standard InChI is InChI=1S/C32H38N8O3S/c1-2-28(41)34-22-8-6-21(7-9-22)32(42)40-12-10-38(11-13-40)20-23-18-27-29(44-23)31(39-14-16-43-17-15-39)36-30(35-27)24-4-3-5-26-25(24)19-33-37-26/h2-5,18-19,21-22H,1,6-17,20H2,(H,33,37)(H,34,41)/t21-,22+. The van der Waals surface area contributed by atoms with Gasteiger partial charge in [0.25, 0.3) is 0 Å². The van der Waals surface area contributed by atoms with Crippen LogP contribution in [0.2, 0.25) is 0 Å². The number of hydrogen-bond donors (Lipinski definition) is 2. The van der Waals surface area contributed by atoms with Crippen molar-refractivity contribution in [1.82, 2.24) is 35.3 Å². The van der Waals surface area contributed by atoms with Crippen molar-refractivity contribution >= 4 is 50.1 Å². The van der Waals surface area contributed by atoms with E-state index in [1.54, 1.807) is 11.3 Å². The van der Waals surface area contributed by atoms with Gasteiger partial charge in [-0.05, 0) is 43.9 Å². The molecule has 4 aromatic rings. The van der Waals surface area contributed by atoms with Crippen LogP contribution in [0.25, 0.3) is 32.5 Å². The number of H-pyrrole nitrogens is 1. The van der Waals surface area contributed by atoms with Gasteiger partial charge in [0.15, 0.2) is 11.6 Å². The normalized spacial score (nSPS) is 21.5. The summed E-state index contributed by atoms with van der Waals surface area (Å²) >= 11 is 1.77. The molecule has 1 aromatic carbocycles. The zero-order chi connectivity index (χ0) is 30.0. The summed E-state index contributed by atoms with van der Waals surface area (Å²) in [6.07, 6.45) is 6.49. The molecule has 0 atom stereocenters. The molecule has 7 rings (SSSR count). The van der Waals surface area contributed by atoms with Crippen LogP contribution in [0.15, 0.2) is 43.1 Å². The lowest BCUT2D eigenvalue weighted by atomic mass is 9.85. The summed E-state index contributed by atoms with van der Waals surface area (Å²) in [5.41, 5.74) is 2.90. The number of aromatic nitrogens is 4. The van der Waals surface area contributed by atoms with E-state index < -0.39 is 0 Å². The highest BCUT2D eigenvalue weighted by atomic mass is 32.1. The summed E-state index contributed by atoms with van der Waals surface area (Å²) in [6, 6.07) is 8.44. The van der Waals surface area contributed by atoms with E-state index in [4.69, 9.17) is 14.7 Å². The number of aromatic amines is 1. The Bertz CT molecular complexity index is 1660. The number of carbonyl (C=O) groups is 2. The number of piperazine rings is 1. The third-order valence-electron chi connectivity index (χ3n) is 9.11. The van der Waals surface area contributed by atoms with Gasteiger partial charge in [-0.25, -0.2) is 9.97 Å². The zero-order valence-electron chi connectivity index (χ0n) is 24.8. The predicted molar refractivity (Wildman–Crippen MR) is 171 cm³/mol. The number of nitrogens with zero attached hydrogens (tertiary/aromatic N) is 6. The monoisotopic (exact) mass is 614 g/mol. The van der Waals surface area contributed by atoms with E-state index in [9.17, 15) is 9.59 Å². The van der Waals surface area contributed by atoms with Crippen LogP contribution in [0, 0.1) is 5.92 Å². The minimum absolute atomic E-state index is 0.0558. The molecule has 2 saturated heterocycles. The Morgan fingerprint density at radius 1 is 1.07 bits per heavy atom. The van der Waals surface area contributed by atoms with Crippen molar-refractivity contribution in [2.24, 2.45) is 5.92 Å². The second-order valence-electron chi connectivity index (χ2n) is 11.9. The second-order valence-corrected chi connectivity index (χ2v) is 13.0. The van der Waals surface area contributed by atoms with Crippen molar-refractivity contribution in [2.75, 3.05) is 57.4 Å². The number of ether oxygens (including phenoxy) is 1. The van der Waals surface area contributed by atoms with Crippen LogP contribution in [-0.2, 0) is 20.9 Å². The Morgan fingerprint density at radius 2 is 1.86 bits per heavy atom. The first-order chi connectivity index (χ1) is 21.6. The lowest BCUT2D eigenvalue weighted by Crippen LogP contribution is -2.50. The van der Waals surface area contributed by atoms with Gasteiger partial charge in [-0.2, -0.15) is 5.10 Å². The molecule has 230 valence electrons. The molecule has 0 spiro atoms. The molecule has 0 unspecified atom stereocenters. The molecule has 1 aliphatic carbocycles. The first kappa shape index (κ1) is 28.9. The molecule has 0 radical (unpaired) electrons. The predicted octanol–water partition coefficient (Wildman–Crippen LogP) is 3.58. The van der Waals surface area contributed by atoms with Gasteiger partial charge in [0.05, 0.1) is 35.1 Å². The summed E-state index contributed by atoms with van der Waals surface area (Å²) in [4.78, 5) is 43.2. The van der Waals surface area contributed by atoms with Crippen LogP contribution in [0.1, 0.15) is 30.6 Å². The van der Waals surface area contributed by atoms with Crippen LogP contribution >= 0.6 is 11.3 Å². The number of morpholine rings is 1. The van der Waals surface area contributed by atoms with Gasteiger partial charge in [0.2, 0.25) is 11.8 Å². The van der Waals surface area contributed by atoms with Gasteiger partial charge in [0, 0.05) is 73.6 Å². The molecule has 3 fully saturated rings. The maximum absolute atomic E-state index is 13.3. The first-order valence-corrected chi connectivity index (χ1v) is 16.4. The highest BCUT2D eigenvalue weighted by molar-refractivity contribution is 7.19. The third-order valence-corrected chi connectivity index (χ3v) is 10.2. The number of anilines is 1. The van der Waals surface area contributed by atoms with Crippen molar-refractivity contribution in [3.63, 3.8) is 0 Å². The van der Waals surface area contributed by atoms with Crippen LogP contribution in [0.4, 0.5) is 5.82 Å². The van der Waals surface area contributed by atoms with E-state index in [1.165, 1.54) is 11.0 Å². The largest absolute Gasteiger partial charge is 0.378 e. The Balaban J connectivity index is 1.04. The third kappa shape index (κ3) is 5.93. The van der Waals surface area contributed by atoms with Crippen LogP contribution in [-0.4, -0.2) is 100 Å². The van der Waals surface area contributed by atoms with Crippen molar-refractivity contribution in [1.29, 1.82) is 0 Å². The summed E-state index contributed by atoms with van der Waals surface area (Å²) in [7, 11) is 0. The van der Waals surface area contributed by atoms with Crippen molar-refractivity contribution in [3.8, 4) is 11.4 Å². The van der Waals surface area contributed by atoms with Crippen LogP contribution < -0.4 is 10.2 Å². The fourth-order valence-electron chi connectivity index (χ4n) is 6.67. The summed E-state index contributed by atoms with van der Waals surface area (Å²) in [5.74, 6) is 1.87. The smallest absolute Gasteiger partial charge is 0.243 e. The topological polar surface area (TPSA) is 120 Å². The maximum Gasteiger partial charge on any atom is 0.243 e. The molecule has 1 saturated carbocycles. The molecule has 2 aliphatic heterocycles. The number of nitrogens with one attached hydrogen (secondary N) is 2. The highest BCUT2D eigenvalue weighted by Crippen LogP contribution is 2.36. The molecular weight excluding hydrogens is 576 g/mol. The number of rotatable bonds is 7. The molecule has 11 nitrogen and oxygen atoms in total. The Hall–Kier alpha value is -3.87. The summed E-state index contributed by atoms with van der Waals surface area (Å²) in [6.45, 7) is 10.5. The average molecular weight is 615 g/mol. The van der Waals surface area contributed by atoms with Crippen molar-refractivity contribution in [2.45, 2.75) is 38.3 Å². The molecule has 5 heterocycles. The minimum Gasteiger partial charge on any atom is -0.378 e. The molecule has 2 amide bonds. The van der Waals surface area contributed by atoms with Crippen molar-refractivity contribution in [3.05, 3.63) is 48.0 Å². The Labute approximate surface area is 260 Å². The van der Waals surface area contributed by atoms with Gasteiger partial charge in [0.1, 0.15) is 0 Å². The number of amides is 2. The van der Waals surface area contributed by atoms with Gasteiger partial charge in [-0.15, -0.1) is 11.3 Å². The van der Waals surface area contributed by atoms with Crippen LogP contribution in [0.3, 0.4) is 0 Å². The first-order valence-electron chi connectivity index (χ1n) is 15.6. The highest BCUT2D eigenvalue weighted by Gasteiger charge is 2.31. The zero-order valence-corrected chi connectivity index (χ0v) is 25.7. The lowest BCUT2D eigenvalue weighted by molar-refractivity contribution is -0.138. The summed E-state index contributed by atoms with van der Waals surface area (Å²) in [5, 5.41) is 11.3. The quantitative estimate of drug-likeness (QED) is 0.303. The molecular formula is C32H38N8O3S. The molecule has 3 aromatic heterocycles. The Kier molecular flexibility index (Phi) is 8.28. The fraction of sp³-hybridized carbons (Fsp3) is 0.469. The van der Waals surface area contributed by atoms with E-state index in [-0.39, 0.29) is 23.8 Å². The molecule has 3 aliphatic rings. The molecule has 0 bridgehead atoms. The maximum atomic E-state index is 13.3. The Morgan fingerprint density at radius 3 is 2.64 bits per heavy atom. The van der Waals surface area contributed by atoms with Gasteiger partial charge in [-0.3, -0.25) is 19.6 Å². The molecule has 12 heteroatoms. The minimum atomic E-state index is -0.133. The summed E-state index contributed by atoms with van der Waals surface area (Å²) < 4.78 is 6.75. The van der Waals surface area contributed by atoms with E-state index in [0.29, 0.717) is 19.0 Å². The van der Waals surface area contributed by atoms with Gasteiger partial charge in [-0.1, -0.05) is 18.7 Å². The van der Waals surface area contributed by atoms with Gasteiger partial charge >= 0.3 is 0 Å². The number of fused-ring (bicyclic) bond motifs is 2. The van der Waals surface area contributed by atoms with Gasteiger partial charge < -0.3 is 19.9 Å². The van der Waals surface area contributed by atoms with E-state index >= 15 is 0 Å². The van der Waals surface area contributed by atoms with E-state index in [1.807, 2.05) is 23.2 Å². The SMILES string of the molecule is C=CC(=O)N[C@H]1CC[C@@H](C(=O)N2CCN(Cc3cc4nc(-c5cccc6[nH]ncc56)nc(N5CCOCC5)c4s3)CC2)CC1. The number of thiophene rings is 1. The number of benzene rings is 1. The molecule has 44 heavy (non-hydrogen) atoms. The van der Waals surface area contributed by atoms with Crippen molar-refractivity contribution < 1.29 is 14.3 Å². The number of carbonyl (C=O) groups excluding carboxylic acids is 2. The fourth-order valence-corrected chi connectivity index (χ4v) is 7.82. The second kappa shape index (κ2) is 12.6. The van der Waals surface area contributed by atoms with Crippen LogP contribution in [0.5, 0.6) is 0 Å². The van der Waals surface area contributed by atoms with E-state index in [0.717, 1.165) is 104 Å². The number of hydrogen-bond acceptors (Lipinski definition) is 9. The van der Waals surface area contributed by atoms with E-state index in [2.05, 4.69) is 44.0 Å². The lowest BCUT2D eigenvalue weighted by Gasteiger charge is -2.37. The average Bonchev–Trinajstić information content (AvgIpc) is 3.72. The molecule has 2 N–H and O–H groups in total.